The van der Waals surface area contributed by atoms with Crippen molar-refractivity contribution in [2.75, 3.05) is 0 Å². The second-order valence-electron chi connectivity index (χ2n) is 7.90. The summed E-state index contributed by atoms with van der Waals surface area (Å²) in [6.45, 7) is 8.69. The molecule has 4 rings (SSSR count). The Morgan fingerprint density at radius 3 is 1.68 bits per heavy atom. The van der Waals surface area contributed by atoms with Crippen molar-refractivity contribution in [3.63, 3.8) is 0 Å². The van der Waals surface area contributed by atoms with Crippen LogP contribution in [0.2, 0.25) is 0 Å². The molecule has 4 unspecified atom stereocenters. The molecule has 0 spiro atoms. The smallest absolute Gasteiger partial charge is 0.550 e. The maximum Gasteiger partial charge on any atom is 4.00 e. The van der Waals surface area contributed by atoms with E-state index < -0.39 is 23.9 Å². The van der Waals surface area contributed by atoms with Gasteiger partial charge < -0.3 is 39.6 Å². The molecule has 10 heteroatoms. The molecule has 0 N–H and O–H groups in total. The van der Waals surface area contributed by atoms with Gasteiger partial charge in [0.2, 0.25) is 0 Å². The zero-order chi connectivity index (χ0) is 27.3. The number of thioether (sulfide) groups is 1. The third kappa shape index (κ3) is 12.2. The van der Waals surface area contributed by atoms with Crippen molar-refractivity contribution in [1.29, 1.82) is 0 Å². The fourth-order valence-electron chi connectivity index (χ4n) is 4.11. The van der Waals surface area contributed by atoms with Crippen molar-refractivity contribution in [2.45, 2.75) is 29.4 Å². The van der Waals surface area contributed by atoms with Crippen LogP contribution >= 0.6 is 11.8 Å². The Balaban J connectivity index is 0.000000675. The van der Waals surface area contributed by atoms with E-state index in [1.807, 2.05) is 11.8 Å². The molecule has 37 heavy (non-hydrogen) atoms. The van der Waals surface area contributed by atoms with Gasteiger partial charge in [-0.2, -0.15) is 0 Å². The summed E-state index contributed by atoms with van der Waals surface area (Å²) >= 11 is 1.86. The third-order valence-corrected chi connectivity index (χ3v) is 6.93. The predicted octanol–water partition coefficient (Wildman–Crippen LogP) is -0.139. The molecule has 8 nitrogen and oxygen atoms in total. The molecule has 0 saturated heterocycles. The van der Waals surface area contributed by atoms with Gasteiger partial charge >= 0.3 is 26.2 Å². The summed E-state index contributed by atoms with van der Waals surface area (Å²) < 4.78 is 0. The van der Waals surface area contributed by atoms with Crippen LogP contribution in [-0.2, 0) is 45.4 Å². The summed E-state index contributed by atoms with van der Waals surface area (Å²) in [7, 11) is 0. The molecule has 0 heterocycles. The first-order valence-electron chi connectivity index (χ1n) is 10.9. The molecule has 0 amide bonds. The maximum absolute atomic E-state index is 11.2. The topological polar surface area (TPSA) is 161 Å². The normalized spacial score (nSPS) is 20.1. The first kappa shape index (κ1) is 34.0. The standard InChI is InChI=1S/C18H18O2S.3C3H4O2.Zr/c19-18(20)16-8-11-7-15(16)17(9-11)21-14-6-5-12-3-1-2-4-13(12)10-14;3*1-2-3(4)5;/h1-6,10-11,15-17H,7-9H2,(H,19,20);3*2H,1H2,(H,4,5);/q;;;;+4/p-4. The van der Waals surface area contributed by atoms with Crippen LogP contribution in [0.15, 0.2) is 85.3 Å². The number of carbonyl (C=O) groups excluding carboxylic acids is 4. The van der Waals surface area contributed by atoms with Gasteiger partial charge in [0.15, 0.2) is 0 Å². The van der Waals surface area contributed by atoms with Gasteiger partial charge in [-0.3, -0.25) is 0 Å². The van der Waals surface area contributed by atoms with Gasteiger partial charge in [0.1, 0.15) is 0 Å². The number of carbonyl (C=O) groups is 4. The molecule has 2 aromatic rings. The van der Waals surface area contributed by atoms with Crippen LogP contribution in [-0.4, -0.2) is 29.1 Å². The fourth-order valence-corrected chi connectivity index (χ4v) is 5.64. The number of benzene rings is 2. The Morgan fingerprint density at radius 1 is 0.757 bits per heavy atom. The van der Waals surface area contributed by atoms with E-state index in [-0.39, 0.29) is 32.1 Å². The van der Waals surface area contributed by atoms with Gasteiger partial charge in [0.25, 0.3) is 0 Å². The first-order chi connectivity index (χ1) is 17.0. The van der Waals surface area contributed by atoms with Crippen molar-refractivity contribution in [3.8, 4) is 0 Å². The minimum Gasteiger partial charge on any atom is -0.550 e. The van der Waals surface area contributed by atoms with Crippen LogP contribution in [0.5, 0.6) is 0 Å². The molecule has 0 aliphatic heterocycles. The molecule has 2 fully saturated rings. The number of rotatable bonds is 6. The van der Waals surface area contributed by atoms with E-state index in [1.54, 1.807) is 0 Å². The quantitative estimate of drug-likeness (QED) is 0.411. The van der Waals surface area contributed by atoms with Crippen LogP contribution in [0.25, 0.3) is 10.8 Å². The molecule has 0 radical (unpaired) electrons. The molecule has 192 valence electrons. The Bertz CT molecular complexity index is 1070. The van der Waals surface area contributed by atoms with Gasteiger partial charge in [-0.15, -0.1) is 11.8 Å². The molecule has 2 aromatic carbocycles. The number of hydrogen-bond donors (Lipinski definition) is 0. The summed E-state index contributed by atoms with van der Waals surface area (Å²) in [4.78, 5) is 39.9. The van der Waals surface area contributed by atoms with E-state index in [1.165, 1.54) is 15.7 Å². The Kier molecular flexibility index (Phi) is 16.1. The molecule has 2 aliphatic rings. The summed E-state index contributed by atoms with van der Waals surface area (Å²) in [6.07, 6.45) is 5.23. The second-order valence-corrected chi connectivity index (χ2v) is 9.21. The Hall–Kier alpha value is -2.97. The summed E-state index contributed by atoms with van der Waals surface area (Å²) in [6, 6.07) is 14.9. The van der Waals surface area contributed by atoms with E-state index in [0.717, 1.165) is 37.5 Å². The SMILES string of the molecule is C=CC(=O)[O-].C=CC(=O)[O-].C=CC(=O)[O-].O=C([O-])C1CC2CC(Sc3ccc4ccccc4c3)C1C2.[Zr+4]. The molecule has 4 atom stereocenters. The van der Waals surface area contributed by atoms with Crippen LogP contribution in [0, 0.1) is 17.8 Å². The number of carboxylic acids is 4. The zero-order valence-corrected chi connectivity index (χ0v) is 23.3. The third-order valence-electron chi connectivity index (χ3n) is 5.56. The van der Waals surface area contributed by atoms with Gasteiger partial charge in [0, 0.05) is 22.0 Å². The van der Waals surface area contributed by atoms with Gasteiger partial charge in [-0.25, -0.2) is 0 Å². The zero-order valence-electron chi connectivity index (χ0n) is 20.0. The van der Waals surface area contributed by atoms with E-state index in [9.17, 15) is 9.90 Å². The summed E-state index contributed by atoms with van der Waals surface area (Å²) in [5.74, 6) is -3.86. The molecule has 2 bridgehead atoms. The molecular formula is C27H26O8SZr. The van der Waals surface area contributed by atoms with Crippen LogP contribution in [0.3, 0.4) is 0 Å². The summed E-state index contributed by atoms with van der Waals surface area (Å²) in [5.41, 5.74) is 0. The van der Waals surface area contributed by atoms with Crippen molar-refractivity contribution in [2.24, 2.45) is 17.8 Å². The average Bonchev–Trinajstić information content (AvgIpc) is 3.46. The van der Waals surface area contributed by atoms with Gasteiger partial charge in [0.05, 0.1) is 17.9 Å². The maximum atomic E-state index is 11.2. The van der Waals surface area contributed by atoms with Crippen molar-refractivity contribution >= 4 is 46.4 Å². The minimum absolute atomic E-state index is 0. The van der Waals surface area contributed by atoms with Gasteiger partial charge in [-0.05, 0) is 72.2 Å². The number of fused-ring (bicyclic) bond motifs is 3. The van der Waals surface area contributed by atoms with Crippen molar-refractivity contribution in [1.82, 2.24) is 0 Å². The summed E-state index contributed by atoms with van der Waals surface area (Å²) in [5, 5.41) is 41.6. The van der Waals surface area contributed by atoms with Crippen LogP contribution in [0.1, 0.15) is 19.3 Å². The predicted molar refractivity (Wildman–Crippen MR) is 129 cm³/mol. The van der Waals surface area contributed by atoms with E-state index in [0.29, 0.717) is 17.1 Å². The minimum atomic E-state index is -1.23. The number of hydrogen-bond acceptors (Lipinski definition) is 9. The van der Waals surface area contributed by atoms with Crippen LogP contribution in [0.4, 0.5) is 0 Å². The number of aliphatic carboxylic acids is 4. The molecular weight excluding hydrogens is 576 g/mol. The molecule has 0 aromatic heterocycles. The van der Waals surface area contributed by atoms with Crippen LogP contribution < -0.4 is 20.4 Å². The molecule has 2 saturated carbocycles. The number of carboxylic acid groups (broad SMARTS) is 4. The van der Waals surface area contributed by atoms with E-state index in [2.05, 4.69) is 62.2 Å². The molecule has 2 aliphatic carbocycles. The monoisotopic (exact) mass is 600 g/mol. The van der Waals surface area contributed by atoms with Crippen molar-refractivity contribution < 1.29 is 65.8 Å². The first-order valence-corrected chi connectivity index (χ1v) is 11.8. The largest absolute Gasteiger partial charge is 4.00 e. The fraction of sp³-hybridized carbons (Fsp3) is 0.259. The van der Waals surface area contributed by atoms with Crippen molar-refractivity contribution in [3.05, 3.63) is 80.4 Å². The average molecular weight is 602 g/mol. The second kappa shape index (κ2) is 17.5. The van der Waals surface area contributed by atoms with Gasteiger partial charge in [-0.1, -0.05) is 50.1 Å². The Morgan fingerprint density at radius 2 is 1.24 bits per heavy atom. The van der Waals surface area contributed by atoms with E-state index >= 15 is 0 Å². The Labute approximate surface area is 238 Å². The van der Waals surface area contributed by atoms with E-state index in [4.69, 9.17) is 29.7 Å².